The number of alkyl halides is 1. The van der Waals surface area contributed by atoms with E-state index >= 15 is 4.39 Å². The largest absolute Gasteiger partial charge is 0.493 e. The van der Waals surface area contributed by atoms with Crippen molar-refractivity contribution < 1.29 is 32.6 Å². The molecule has 0 atom stereocenters. The molecule has 224 valence electrons. The van der Waals surface area contributed by atoms with Gasteiger partial charge >= 0.3 is 0 Å². The highest BCUT2D eigenvalue weighted by atomic mass is 79.9. The number of methoxy groups -OCH3 is 2. The topological polar surface area (TPSA) is 109 Å². The van der Waals surface area contributed by atoms with Crippen LogP contribution in [0.15, 0.2) is 77.9 Å². The molecule has 12 heteroatoms. The van der Waals surface area contributed by atoms with E-state index in [1.54, 1.807) is 18.2 Å². The number of amides is 1. The zero-order chi connectivity index (χ0) is 31.5. The Balaban J connectivity index is 1.47. The molecule has 44 heavy (non-hydrogen) atoms. The van der Waals surface area contributed by atoms with Crippen LogP contribution in [0.2, 0.25) is 0 Å². The first kappa shape index (κ1) is 30.4. The molecule has 9 nitrogen and oxygen atoms in total. The standard InChI is InChI=1S/C32H24BrF2N3O6/c1-17-22(25(39)15-33)16-38(20-7-4-18(34)5-8-20)32(41)30(17)31(40)37-19-6-9-27(23(35)12-19)44-26-10-11-36-24-14-29(43-3)28(42-2)13-21(24)26/h4-14,16H,15H2,1-3H3,(H,37,40). The predicted molar refractivity (Wildman–Crippen MR) is 164 cm³/mol. The fraction of sp³-hybridized carbons (Fsp3) is 0.125. The second kappa shape index (κ2) is 12.6. The van der Waals surface area contributed by atoms with Gasteiger partial charge in [0.25, 0.3) is 11.5 Å². The predicted octanol–water partition coefficient (Wildman–Crippen LogP) is 6.61. The molecule has 0 radical (unpaired) electrons. The Morgan fingerprint density at radius 3 is 2.30 bits per heavy atom. The van der Waals surface area contributed by atoms with E-state index in [9.17, 15) is 18.8 Å². The summed E-state index contributed by atoms with van der Waals surface area (Å²) >= 11 is 3.12. The average Bonchev–Trinajstić information content (AvgIpc) is 3.02. The lowest BCUT2D eigenvalue weighted by Crippen LogP contribution is -2.31. The Labute approximate surface area is 258 Å². The molecule has 0 unspecified atom stereocenters. The monoisotopic (exact) mass is 663 g/mol. The van der Waals surface area contributed by atoms with Crippen LogP contribution in [-0.2, 0) is 0 Å². The SMILES string of the molecule is COc1cc2nccc(Oc3ccc(NC(=O)c4c(C)c(C(=O)CBr)cn(-c5ccc(F)cc5)c4=O)cc3F)c2cc1OC. The number of carbonyl (C=O) groups is 2. The molecule has 0 aliphatic carbocycles. The van der Waals surface area contributed by atoms with Crippen LogP contribution in [0.5, 0.6) is 23.0 Å². The summed E-state index contributed by atoms with van der Waals surface area (Å²) in [5.41, 5.74) is 0.0181. The van der Waals surface area contributed by atoms with Crippen LogP contribution in [0.4, 0.5) is 14.5 Å². The van der Waals surface area contributed by atoms with Gasteiger partial charge in [-0.25, -0.2) is 8.78 Å². The van der Waals surface area contributed by atoms with E-state index in [0.717, 1.165) is 22.8 Å². The number of nitrogens with zero attached hydrogens (tertiary/aromatic N) is 2. The van der Waals surface area contributed by atoms with Gasteiger partial charge in [-0.2, -0.15) is 0 Å². The fourth-order valence-electron chi connectivity index (χ4n) is 4.62. The summed E-state index contributed by atoms with van der Waals surface area (Å²) in [6.07, 6.45) is 2.82. The van der Waals surface area contributed by atoms with Crippen molar-refractivity contribution in [3.8, 4) is 28.7 Å². The van der Waals surface area contributed by atoms with Crippen LogP contribution in [0.3, 0.4) is 0 Å². The maximum Gasteiger partial charge on any atom is 0.268 e. The molecule has 0 spiro atoms. The first-order valence-electron chi connectivity index (χ1n) is 13.1. The van der Waals surface area contributed by atoms with E-state index in [1.807, 2.05) is 0 Å². The molecule has 0 bridgehead atoms. The molecule has 2 heterocycles. The van der Waals surface area contributed by atoms with E-state index in [1.165, 1.54) is 57.8 Å². The number of halogens is 3. The summed E-state index contributed by atoms with van der Waals surface area (Å²) in [5, 5.41) is 3.02. The molecule has 2 aromatic heterocycles. The minimum Gasteiger partial charge on any atom is -0.493 e. The lowest BCUT2D eigenvalue weighted by Gasteiger charge is -2.15. The second-order valence-electron chi connectivity index (χ2n) is 9.49. The minimum absolute atomic E-state index is 0.0372. The van der Waals surface area contributed by atoms with E-state index in [0.29, 0.717) is 28.2 Å². The van der Waals surface area contributed by atoms with Crippen LogP contribution >= 0.6 is 15.9 Å². The maximum absolute atomic E-state index is 15.3. The van der Waals surface area contributed by atoms with Crippen LogP contribution in [0.1, 0.15) is 26.3 Å². The molecule has 1 N–H and O–H groups in total. The van der Waals surface area contributed by atoms with Crippen molar-refractivity contribution in [3.63, 3.8) is 0 Å². The van der Waals surface area contributed by atoms with Gasteiger partial charge in [-0.1, -0.05) is 15.9 Å². The number of aromatic nitrogens is 2. The second-order valence-corrected chi connectivity index (χ2v) is 10.0. The van der Waals surface area contributed by atoms with Crippen LogP contribution in [0.25, 0.3) is 16.6 Å². The summed E-state index contributed by atoms with van der Waals surface area (Å²) in [6.45, 7) is 1.47. The Kier molecular flexibility index (Phi) is 8.72. The third-order valence-corrected chi connectivity index (χ3v) is 7.35. The third kappa shape index (κ3) is 5.88. The smallest absolute Gasteiger partial charge is 0.268 e. The van der Waals surface area contributed by atoms with Crippen LogP contribution < -0.4 is 25.1 Å². The van der Waals surface area contributed by atoms with Crippen LogP contribution in [0, 0.1) is 18.6 Å². The number of ether oxygens (including phenoxy) is 3. The Morgan fingerprint density at radius 2 is 1.64 bits per heavy atom. The van der Waals surface area contributed by atoms with Gasteiger partial charge < -0.3 is 19.5 Å². The molecule has 5 rings (SSSR count). The van der Waals surface area contributed by atoms with E-state index < -0.39 is 23.1 Å². The number of anilines is 1. The van der Waals surface area contributed by atoms with Crippen molar-refractivity contribution in [1.82, 2.24) is 9.55 Å². The van der Waals surface area contributed by atoms with Crippen molar-refractivity contribution in [2.24, 2.45) is 0 Å². The first-order chi connectivity index (χ1) is 21.1. The Bertz CT molecular complexity index is 1980. The highest BCUT2D eigenvalue weighted by Crippen LogP contribution is 2.37. The normalized spacial score (nSPS) is 10.9. The Morgan fingerprint density at radius 1 is 0.932 bits per heavy atom. The number of hydrogen-bond donors (Lipinski definition) is 1. The van der Waals surface area contributed by atoms with Gasteiger partial charge in [0.05, 0.1) is 25.1 Å². The zero-order valence-corrected chi connectivity index (χ0v) is 25.2. The molecule has 3 aromatic carbocycles. The van der Waals surface area contributed by atoms with Crippen LogP contribution in [-0.4, -0.2) is 40.8 Å². The highest BCUT2D eigenvalue weighted by molar-refractivity contribution is 9.09. The molecular formula is C32H24BrF2N3O6. The van der Waals surface area contributed by atoms with Gasteiger partial charge in [0.1, 0.15) is 17.1 Å². The third-order valence-electron chi connectivity index (χ3n) is 6.84. The number of carbonyl (C=O) groups excluding carboxylic acids is 2. The van der Waals surface area contributed by atoms with E-state index in [-0.39, 0.29) is 44.9 Å². The quantitative estimate of drug-likeness (QED) is 0.140. The molecule has 0 fully saturated rings. The van der Waals surface area contributed by atoms with Crippen molar-refractivity contribution >= 4 is 44.2 Å². The summed E-state index contributed by atoms with van der Waals surface area (Å²) in [7, 11) is 2.99. The van der Waals surface area contributed by atoms with Crippen molar-refractivity contribution in [1.29, 1.82) is 0 Å². The maximum atomic E-state index is 15.3. The van der Waals surface area contributed by atoms with E-state index in [4.69, 9.17) is 14.2 Å². The number of benzene rings is 3. The summed E-state index contributed by atoms with van der Waals surface area (Å²) < 4.78 is 46.4. The zero-order valence-electron chi connectivity index (χ0n) is 23.6. The number of nitrogens with one attached hydrogen (secondary N) is 1. The minimum atomic E-state index is -0.859. The molecule has 5 aromatic rings. The fourth-order valence-corrected chi connectivity index (χ4v) is 4.93. The molecule has 0 aliphatic rings. The molecular weight excluding hydrogens is 640 g/mol. The molecule has 1 amide bonds. The van der Waals surface area contributed by atoms with Gasteiger partial charge in [0.15, 0.2) is 28.8 Å². The number of Topliss-reactive ketones (excluding diaryl/α,β-unsaturated/α-hetero) is 1. The number of ketones is 1. The summed E-state index contributed by atoms with van der Waals surface area (Å²) in [4.78, 5) is 43.8. The lowest BCUT2D eigenvalue weighted by molar-refractivity contribution is 0.102. The summed E-state index contributed by atoms with van der Waals surface area (Å²) in [6, 6.07) is 13.7. The van der Waals surface area contributed by atoms with Crippen molar-refractivity contribution in [2.45, 2.75) is 6.92 Å². The number of fused-ring (bicyclic) bond motifs is 1. The first-order valence-corrected chi connectivity index (χ1v) is 14.2. The van der Waals surface area contributed by atoms with Gasteiger partial charge in [0.2, 0.25) is 0 Å². The van der Waals surface area contributed by atoms with Gasteiger partial charge in [-0.15, -0.1) is 0 Å². The average molecular weight is 664 g/mol. The number of rotatable bonds is 9. The van der Waals surface area contributed by atoms with Gasteiger partial charge in [-0.05, 0) is 61.0 Å². The molecule has 0 saturated heterocycles. The summed E-state index contributed by atoms with van der Waals surface area (Å²) in [5.74, 6) is -1.47. The highest BCUT2D eigenvalue weighted by Gasteiger charge is 2.23. The van der Waals surface area contributed by atoms with E-state index in [2.05, 4.69) is 26.2 Å². The molecule has 0 aliphatic heterocycles. The number of pyridine rings is 2. The number of hydrogen-bond acceptors (Lipinski definition) is 7. The Hall–Kier alpha value is -5.10. The van der Waals surface area contributed by atoms with Gasteiger partial charge in [0, 0.05) is 46.9 Å². The van der Waals surface area contributed by atoms with Crippen molar-refractivity contribution in [2.75, 3.05) is 24.9 Å². The lowest BCUT2D eigenvalue weighted by atomic mass is 10.0. The van der Waals surface area contributed by atoms with Crippen molar-refractivity contribution in [3.05, 3.63) is 112 Å². The van der Waals surface area contributed by atoms with Gasteiger partial charge in [-0.3, -0.25) is 23.9 Å². The molecule has 0 saturated carbocycles.